The molecule has 4 rings (SSSR count). The standard InChI is InChI=1S/C23H29N3O3/c1-3-17-11-20(22(28)12-21(17)27)23(29)26-14-18-5-4-16(10-19(18)15-26)13-25-8-6-24(2)7-9-25/h4-5,10-12,27-28H,3,6-9,13-15H2,1-2H3. The van der Waals surface area contributed by atoms with Crippen LogP contribution >= 0.6 is 0 Å². The molecule has 0 aliphatic carbocycles. The van der Waals surface area contributed by atoms with E-state index >= 15 is 0 Å². The van der Waals surface area contributed by atoms with Crippen LogP contribution in [-0.4, -0.2) is 64.0 Å². The minimum absolute atomic E-state index is 0.0276. The second kappa shape index (κ2) is 8.05. The Labute approximate surface area is 172 Å². The number of fused-ring (bicyclic) bond motifs is 1. The zero-order valence-corrected chi connectivity index (χ0v) is 17.2. The first-order valence-electron chi connectivity index (χ1n) is 10.3. The van der Waals surface area contributed by atoms with E-state index in [0.29, 0.717) is 25.1 Å². The molecule has 29 heavy (non-hydrogen) atoms. The zero-order valence-electron chi connectivity index (χ0n) is 17.2. The Kier molecular flexibility index (Phi) is 5.48. The number of hydrogen-bond donors (Lipinski definition) is 2. The van der Waals surface area contributed by atoms with Crippen molar-refractivity contribution in [1.29, 1.82) is 0 Å². The first kappa shape index (κ1) is 19.7. The fraction of sp³-hybridized carbons (Fsp3) is 0.435. The summed E-state index contributed by atoms with van der Waals surface area (Å²) in [5.41, 5.74) is 4.54. The molecule has 0 unspecified atom stereocenters. The molecule has 2 N–H and O–H groups in total. The second-order valence-corrected chi connectivity index (χ2v) is 8.20. The lowest BCUT2D eigenvalue weighted by molar-refractivity contribution is 0.0748. The average Bonchev–Trinajstić information content (AvgIpc) is 3.13. The maximum absolute atomic E-state index is 13.0. The number of likely N-dealkylation sites (N-methyl/N-ethyl adjacent to an activating group) is 1. The summed E-state index contributed by atoms with van der Waals surface area (Å²) in [5.74, 6) is -0.342. The van der Waals surface area contributed by atoms with Crippen LogP contribution in [0.3, 0.4) is 0 Å². The molecule has 0 bridgehead atoms. The van der Waals surface area contributed by atoms with Crippen LogP contribution in [0.5, 0.6) is 11.5 Å². The Morgan fingerprint density at radius 1 is 0.966 bits per heavy atom. The van der Waals surface area contributed by atoms with Crippen molar-refractivity contribution in [3.05, 3.63) is 58.1 Å². The van der Waals surface area contributed by atoms with Gasteiger partial charge < -0.3 is 20.0 Å². The fourth-order valence-electron chi connectivity index (χ4n) is 4.20. The summed E-state index contributed by atoms with van der Waals surface area (Å²) in [6.45, 7) is 8.31. The van der Waals surface area contributed by atoms with Crippen molar-refractivity contribution < 1.29 is 15.0 Å². The van der Waals surface area contributed by atoms with Crippen LogP contribution in [0.1, 0.15) is 39.5 Å². The molecule has 0 aromatic heterocycles. The molecule has 154 valence electrons. The number of phenols is 2. The zero-order chi connectivity index (χ0) is 20.5. The van der Waals surface area contributed by atoms with Gasteiger partial charge >= 0.3 is 0 Å². The number of piperazine rings is 1. The predicted molar refractivity (Wildman–Crippen MR) is 112 cm³/mol. The van der Waals surface area contributed by atoms with Gasteiger partial charge in [-0.2, -0.15) is 0 Å². The maximum atomic E-state index is 13.0. The first-order valence-corrected chi connectivity index (χ1v) is 10.3. The van der Waals surface area contributed by atoms with Gasteiger partial charge in [0.1, 0.15) is 11.5 Å². The van der Waals surface area contributed by atoms with E-state index in [1.165, 1.54) is 17.2 Å². The lowest BCUT2D eigenvalue weighted by atomic mass is 10.1. The number of aryl methyl sites for hydroxylation is 1. The van der Waals surface area contributed by atoms with E-state index in [9.17, 15) is 15.0 Å². The summed E-state index contributed by atoms with van der Waals surface area (Å²) in [6, 6.07) is 9.38. The Balaban J connectivity index is 1.47. The van der Waals surface area contributed by atoms with Crippen molar-refractivity contribution in [2.75, 3.05) is 33.2 Å². The molecule has 2 aromatic carbocycles. The summed E-state index contributed by atoms with van der Waals surface area (Å²) in [5, 5.41) is 20.1. The van der Waals surface area contributed by atoms with Crippen LogP contribution in [0.2, 0.25) is 0 Å². The van der Waals surface area contributed by atoms with E-state index in [0.717, 1.165) is 38.3 Å². The molecule has 0 radical (unpaired) electrons. The highest BCUT2D eigenvalue weighted by atomic mass is 16.3. The maximum Gasteiger partial charge on any atom is 0.258 e. The molecule has 6 nitrogen and oxygen atoms in total. The van der Waals surface area contributed by atoms with Gasteiger partial charge in [0.2, 0.25) is 0 Å². The number of benzene rings is 2. The molecular weight excluding hydrogens is 366 g/mol. The van der Waals surface area contributed by atoms with Gasteiger partial charge in [-0.3, -0.25) is 9.69 Å². The van der Waals surface area contributed by atoms with E-state index in [1.54, 1.807) is 11.0 Å². The van der Waals surface area contributed by atoms with Gasteiger partial charge in [-0.15, -0.1) is 0 Å². The minimum Gasteiger partial charge on any atom is -0.508 e. The first-order chi connectivity index (χ1) is 13.9. The number of carbonyl (C=O) groups excluding carboxylic acids is 1. The highest BCUT2D eigenvalue weighted by Gasteiger charge is 2.27. The van der Waals surface area contributed by atoms with Crippen molar-refractivity contribution in [3.8, 4) is 11.5 Å². The Hall–Kier alpha value is -2.57. The van der Waals surface area contributed by atoms with Gasteiger partial charge in [-0.05, 0) is 41.8 Å². The molecule has 1 saturated heterocycles. The normalized spacial score (nSPS) is 17.5. The molecule has 0 atom stereocenters. The highest BCUT2D eigenvalue weighted by molar-refractivity contribution is 5.97. The molecule has 2 aromatic rings. The number of rotatable bonds is 4. The van der Waals surface area contributed by atoms with Crippen molar-refractivity contribution in [2.24, 2.45) is 0 Å². The lowest BCUT2D eigenvalue weighted by Crippen LogP contribution is -2.43. The minimum atomic E-state index is -0.200. The van der Waals surface area contributed by atoms with Gasteiger partial charge in [-0.1, -0.05) is 25.1 Å². The predicted octanol–water partition coefficient (Wildman–Crippen LogP) is 2.56. The summed E-state index contributed by atoms with van der Waals surface area (Å²) in [6.07, 6.45) is 0.599. The number of nitrogens with zero attached hydrogens (tertiary/aromatic N) is 3. The van der Waals surface area contributed by atoms with E-state index in [4.69, 9.17) is 0 Å². The van der Waals surface area contributed by atoms with Crippen molar-refractivity contribution in [1.82, 2.24) is 14.7 Å². The number of aromatic hydroxyl groups is 2. The van der Waals surface area contributed by atoms with Crippen LogP contribution in [0, 0.1) is 0 Å². The third kappa shape index (κ3) is 4.09. The van der Waals surface area contributed by atoms with E-state index in [2.05, 4.69) is 35.0 Å². The number of carbonyl (C=O) groups is 1. The van der Waals surface area contributed by atoms with Crippen molar-refractivity contribution >= 4 is 5.91 Å². The lowest BCUT2D eigenvalue weighted by Gasteiger charge is -2.32. The third-order valence-electron chi connectivity index (χ3n) is 6.09. The van der Waals surface area contributed by atoms with Crippen LogP contribution in [-0.2, 0) is 26.1 Å². The van der Waals surface area contributed by atoms with Crippen molar-refractivity contribution in [2.45, 2.75) is 33.0 Å². The third-order valence-corrected chi connectivity index (χ3v) is 6.09. The largest absolute Gasteiger partial charge is 0.508 e. The number of amides is 1. The quantitative estimate of drug-likeness (QED) is 0.833. The fourth-order valence-corrected chi connectivity index (χ4v) is 4.20. The summed E-state index contributed by atoms with van der Waals surface area (Å²) in [7, 11) is 2.16. The molecule has 2 aliphatic rings. The Morgan fingerprint density at radius 3 is 2.41 bits per heavy atom. The second-order valence-electron chi connectivity index (χ2n) is 8.20. The van der Waals surface area contributed by atoms with E-state index in [-0.39, 0.29) is 23.0 Å². The van der Waals surface area contributed by atoms with Gasteiger partial charge in [-0.25, -0.2) is 0 Å². The number of hydrogen-bond acceptors (Lipinski definition) is 5. The van der Waals surface area contributed by atoms with Gasteiger partial charge in [0.25, 0.3) is 5.91 Å². The molecule has 1 fully saturated rings. The topological polar surface area (TPSA) is 67.3 Å². The van der Waals surface area contributed by atoms with Crippen LogP contribution in [0.25, 0.3) is 0 Å². The average molecular weight is 396 g/mol. The molecule has 6 heteroatoms. The molecule has 1 amide bonds. The van der Waals surface area contributed by atoms with Crippen LogP contribution in [0.4, 0.5) is 0 Å². The van der Waals surface area contributed by atoms with Crippen LogP contribution < -0.4 is 0 Å². The Morgan fingerprint density at radius 2 is 1.69 bits per heavy atom. The molecular formula is C23H29N3O3. The summed E-state index contributed by atoms with van der Waals surface area (Å²) >= 11 is 0. The van der Waals surface area contributed by atoms with Crippen LogP contribution in [0.15, 0.2) is 30.3 Å². The molecule has 2 heterocycles. The van der Waals surface area contributed by atoms with E-state index < -0.39 is 0 Å². The number of phenolic OH excluding ortho intramolecular Hbond substituents is 2. The molecule has 0 spiro atoms. The van der Waals surface area contributed by atoms with Gasteiger partial charge in [0.15, 0.2) is 0 Å². The smallest absolute Gasteiger partial charge is 0.258 e. The summed E-state index contributed by atoms with van der Waals surface area (Å²) in [4.78, 5) is 19.6. The van der Waals surface area contributed by atoms with Crippen molar-refractivity contribution in [3.63, 3.8) is 0 Å². The Bertz CT molecular complexity index is 920. The van der Waals surface area contributed by atoms with Gasteiger partial charge in [0.05, 0.1) is 5.56 Å². The SMILES string of the molecule is CCc1cc(C(=O)N2Cc3ccc(CN4CCN(C)CC4)cc3C2)c(O)cc1O. The van der Waals surface area contributed by atoms with Gasteiger partial charge in [0, 0.05) is 51.9 Å². The monoisotopic (exact) mass is 395 g/mol. The molecule has 2 aliphatic heterocycles. The molecule has 0 saturated carbocycles. The van der Waals surface area contributed by atoms with E-state index in [1.807, 2.05) is 6.92 Å². The highest BCUT2D eigenvalue weighted by Crippen LogP contribution is 2.32. The summed E-state index contributed by atoms with van der Waals surface area (Å²) < 4.78 is 0.